The lowest BCUT2D eigenvalue weighted by Gasteiger charge is -2.09. The highest BCUT2D eigenvalue weighted by Gasteiger charge is 2.03. The normalized spacial score (nSPS) is 8.81. The lowest BCUT2D eigenvalue weighted by molar-refractivity contribution is 1.14. The first-order valence-electron chi connectivity index (χ1n) is 7.65. The van der Waals surface area contributed by atoms with Gasteiger partial charge in [0.1, 0.15) is 0 Å². The number of nitrogen functional groups attached to an aromatic ring is 1. The van der Waals surface area contributed by atoms with Gasteiger partial charge in [0.15, 0.2) is 0 Å². The lowest BCUT2D eigenvalue weighted by atomic mass is 9.98. The highest BCUT2D eigenvalue weighted by molar-refractivity contribution is 5.71. The molecule has 0 saturated carbocycles. The Morgan fingerprint density at radius 1 is 1.10 bits per heavy atom. The standard InChI is InChI=1S/C15H17N.C3H6.C2H6/c1-3-12-8-9-13(10-15(12)16)14-7-5-4-6-11(14)2;1-3-2;1-2/h4-10H,3,16H2,1-2H3;3H,1H2,2H3;1-2H3. The molecule has 0 fully saturated rings. The number of hydrogen-bond donors (Lipinski definition) is 1. The van der Waals surface area contributed by atoms with Crippen LogP contribution >= 0.6 is 0 Å². The SMILES string of the molecule is C=CC.CC.CCc1ccc(-c2ccccc2C)cc1N. The van der Waals surface area contributed by atoms with Crippen LogP contribution in [0.2, 0.25) is 0 Å². The molecule has 0 atom stereocenters. The van der Waals surface area contributed by atoms with Gasteiger partial charge in [0.2, 0.25) is 0 Å². The van der Waals surface area contributed by atoms with Crippen LogP contribution in [0.3, 0.4) is 0 Å². The lowest BCUT2D eigenvalue weighted by Crippen LogP contribution is -1.93. The molecular formula is C20H29N. The number of allylic oxidation sites excluding steroid dienone is 1. The summed E-state index contributed by atoms with van der Waals surface area (Å²) >= 11 is 0. The number of aryl methyl sites for hydroxylation is 2. The molecule has 2 N–H and O–H groups in total. The van der Waals surface area contributed by atoms with E-state index in [2.05, 4.69) is 62.9 Å². The number of rotatable bonds is 2. The van der Waals surface area contributed by atoms with Crippen molar-refractivity contribution >= 4 is 5.69 Å². The zero-order valence-electron chi connectivity index (χ0n) is 14.1. The van der Waals surface area contributed by atoms with Crippen LogP contribution in [0.15, 0.2) is 55.1 Å². The summed E-state index contributed by atoms with van der Waals surface area (Å²) in [7, 11) is 0. The van der Waals surface area contributed by atoms with Gasteiger partial charge in [-0.2, -0.15) is 0 Å². The molecule has 1 heteroatoms. The second-order valence-corrected chi connectivity index (χ2v) is 4.49. The first kappa shape index (κ1) is 19.0. The highest BCUT2D eigenvalue weighted by Crippen LogP contribution is 2.26. The largest absolute Gasteiger partial charge is 0.398 e. The topological polar surface area (TPSA) is 26.0 Å². The maximum Gasteiger partial charge on any atom is 0.0352 e. The summed E-state index contributed by atoms with van der Waals surface area (Å²) in [5.74, 6) is 0. The average molecular weight is 283 g/mol. The number of anilines is 1. The Hall–Kier alpha value is -2.02. The van der Waals surface area contributed by atoms with Gasteiger partial charge in [-0.25, -0.2) is 0 Å². The van der Waals surface area contributed by atoms with Crippen molar-refractivity contribution in [1.29, 1.82) is 0 Å². The van der Waals surface area contributed by atoms with E-state index in [0.29, 0.717) is 0 Å². The van der Waals surface area contributed by atoms with Gasteiger partial charge in [-0.3, -0.25) is 0 Å². The molecule has 0 radical (unpaired) electrons. The fraction of sp³-hybridized carbons (Fsp3) is 0.300. The Morgan fingerprint density at radius 3 is 2.14 bits per heavy atom. The maximum absolute atomic E-state index is 6.02. The van der Waals surface area contributed by atoms with Crippen LogP contribution in [0.1, 0.15) is 38.8 Å². The molecule has 0 unspecified atom stereocenters. The van der Waals surface area contributed by atoms with E-state index < -0.39 is 0 Å². The summed E-state index contributed by atoms with van der Waals surface area (Å²) in [5.41, 5.74) is 11.9. The molecule has 114 valence electrons. The zero-order chi connectivity index (χ0) is 16.3. The molecule has 0 amide bonds. The van der Waals surface area contributed by atoms with Crippen LogP contribution in [0, 0.1) is 6.92 Å². The summed E-state index contributed by atoms with van der Waals surface area (Å²) in [4.78, 5) is 0. The van der Waals surface area contributed by atoms with Crippen LogP contribution in [0.4, 0.5) is 5.69 Å². The fourth-order valence-electron chi connectivity index (χ4n) is 1.98. The van der Waals surface area contributed by atoms with E-state index in [-0.39, 0.29) is 0 Å². The molecule has 0 aliphatic carbocycles. The van der Waals surface area contributed by atoms with Crippen molar-refractivity contribution < 1.29 is 0 Å². The van der Waals surface area contributed by atoms with Crippen molar-refractivity contribution in [2.24, 2.45) is 0 Å². The molecule has 21 heavy (non-hydrogen) atoms. The van der Waals surface area contributed by atoms with Crippen LogP contribution in [0.25, 0.3) is 11.1 Å². The zero-order valence-corrected chi connectivity index (χ0v) is 14.1. The Balaban J connectivity index is 0.000000713. The summed E-state index contributed by atoms with van der Waals surface area (Å²) in [6, 6.07) is 14.7. The molecule has 1 nitrogen and oxygen atoms in total. The minimum absolute atomic E-state index is 0.892. The number of hydrogen-bond acceptors (Lipinski definition) is 1. The molecule has 0 heterocycles. The van der Waals surface area contributed by atoms with Gasteiger partial charge < -0.3 is 5.73 Å². The monoisotopic (exact) mass is 283 g/mol. The molecular weight excluding hydrogens is 254 g/mol. The van der Waals surface area contributed by atoms with Crippen molar-refractivity contribution in [3.8, 4) is 11.1 Å². The third kappa shape index (κ3) is 5.86. The van der Waals surface area contributed by atoms with Gasteiger partial charge >= 0.3 is 0 Å². The van der Waals surface area contributed by atoms with Gasteiger partial charge in [0, 0.05) is 5.69 Å². The second-order valence-electron chi connectivity index (χ2n) is 4.49. The van der Waals surface area contributed by atoms with E-state index in [1.807, 2.05) is 20.8 Å². The quantitative estimate of drug-likeness (QED) is 0.529. The molecule has 0 saturated heterocycles. The van der Waals surface area contributed by atoms with Crippen molar-refractivity contribution in [2.75, 3.05) is 5.73 Å². The highest BCUT2D eigenvalue weighted by atomic mass is 14.6. The van der Waals surface area contributed by atoms with E-state index in [9.17, 15) is 0 Å². The van der Waals surface area contributed by atoms with Gasteiger partial charge in [-0.15, -0.1) is 6.58 Å². The van der Waals surface area contributed by atoms with E-state index in [1.54, 1.807) is 6.08 Å². The Morgan fingerprint density at radius 2 is 1.67 bits per heavy atom. The predicted molar refractivity (Wildman–Crippen MR) is 97.6 cm³/mol. The van der Waals surface area contributed by atoms with Crippen molar-refractivity contribution in [1.82, 2.24) is 0 Å². The Bertz CT molecular complexity index is 541. The molecule has 2 aromatic rings. The molecule has 0 bridgehead atoms. The maximum atomic E-state index is 6.02. The van der Waals surface area contributed by atoms with Crippen LogP contribution < -0.4 is 5.73 Å². The molecule has 0 spiro atoms. The number of nitrogens with two attached hydrogens (primary N) is 1. The van der Waals surface area contributed by atoms with E-state index in [0.717, 1.165) is 12.1 Å². The van der Waals surface area contributed by atoms with Gasteiger partial charge in [-0.05, 0) is 48.6 Å². The minimum atomic E-state index is 0.892. The smallest absolute Gasteiger partial charge is 0.0352 e. The van der Waals surface area contributed by atoms with E-state index in [4.69, 9.17) is 5.73 Å². The van der Waals surface area contributed by atoms with E-state index in [1.165, 1.54) is 22.3 Å². The summed E-state index contributed by atoms with van der Waals surface area (Å²) in [6.45, 7) is 13.5. The van der Waals surface area contributed by atoms with Gasteiger partial charge in [-0.1, -0.05) is 63.2 Å². The summed E-state index contributed by atoms with van der Waals surface area (Å²) in [5, 5.41) is 0. The fourth-order valence-corrected chi connectivity index (χ4v) is 1.98. The van der Waals surface area contributed by atoms with Crippen molar-refractivity contribution in [2.45, 2.75) is 41.0 Å². The van der Waals surface area contributed by atoms with Crippen LogP contribution in [0.5, 0.6) is 0 Å². The molecule has 2 aromatic carbocycles. The van der Waals surface area contributed by atoms with Crippen molar-refractivity contribution in [3.63, 3.8) is 0 Å². The van der Waals surface area contributed by atoms with Gasteiger partial charge in [0.25, 0.3) is 0 Å². The van der Waals surface area contributed by atoms with Crippen LogP contribution in [-0.2, 0) is 6.42 Å². The first-order valence-corrected chi connectivity index (χ1v) is 7.65. The second kappa shape index (κ2) is 10.7. The molecule has 0 aliphatic heterocycles. The van der Waals surface area contributed by atoms with Crippen molar-refractivity contribution in [3.05, 3.63) is 66.2 Å². The number of benzene rings is 2. The molecule has 2 rings (SSSR count). The summed E-state index contributed by atoms with van der Waals surface area (Å²) < 4.78 is 0. The minimum Gasteiger partial charge on any atom is -0.398 e. The molecule has 0 aromatic heterocycles. The van der Waals surface area contributed by atoms with Gasteiger partial charge in [0.05, 0.1) is 0 Å². The van der Waals surface area contributed by atoms with E-state index >= 15 is 0 Å². The van der Waals surface area contributed by atoms with Crippen LogP contribution in [-0.4, -0.2) is 0 Å². The predicted octanol–water partition coefficient (Wildman–Crippen LogP) is 6.03. The third-order valence-electron chi connectivity index (χ3n) is 2.98. The Kier molecular flexibility index (Phi) is 9.70. The molecule has 0 aliphatic rings. The Labute approximate surface area is 130 Å². The third-order valence-corrected chi connectivity index (χ3v) is 2.98. The first-order chi connectivity index (χ1) is 10.1. The summed E-state index contributed by atoms with van der Waals surface area (Å²) in [6.07, 6.45) is 2.74. The average Bonchev–Trinajstić information content (AvgIpc) is 2.50.